The van der Waals surface area contributed by atoms with Gasteiger partial charge in [0.25, 0.3) is 0 Å². The highest BCUT2D eigenvalue weighted by atomic mass is 14.3. The van der Waals surface area contributed by atoms with Crippen LogP contribution in [0.25, 0.3) is 10.8 Å². The van der Waals surface area contributed by atoms with Crippen LogP contribution in [-0.4, -0.2) is 0 Å². The predicted molar refractivity (Wildman–Crippen MR) is 78.9 cm³/mol. The molecule has 0 radical (unpaired) electrons. The lowest BCUT2D eigenvalue weighted by Crippen LogP contribution is -2.19. The van der Waals surface area contributed by atoms with Crippen LogP contribution in [0.2, 0.25) is 0 Å². The quantitative estimate of drug-likeness (QED) is 0.625. The van der Waals surface area contributed by atoms with E-state index in [2.05, 4.69) is 56.3 Å². The zero-order valence-electron chi connectivity index (χ0n) is 11.4. The van der Waals surface area contributed by atoms with Crippen molar-refractivity contribution in [1.82, 2.24) is 0 Å². The van der Waals surface area contributed by atoms with Crippen LogP contribution in [0, 0.1) is 11.8 Å². The van der Waals surface area contributed by atoms with Gasteiger partial charge in [0.15, 0.2) is 0 Å². The lowest BCUT2D eigenvalue weighted by molar-refractivity contribution is 0.262. The summed E-state index contributed by atoms with van der Waals surface area (Å²) in [5.74, 6) is 2.51. The molecule has 1 aliphatic rings. The Balaban J connectivity index is 1.94. The normalized spacial score (nSPS) is 28.4. The summed E-state index contributed by atoms with van der Waals surface area (Å²) in [6, 6.07) is 15.7. The van der Waals surface area contributed by atoms with E-state index in [4.69, 9.17) is 0 Å². The van der Waals surface area contributed by atoms with Crippen molar-refractivity contribution in [1.29, 1.82) is 0 Å². The molecule has 2 aromatic rings. The van der Waals surface area contributed by atoms with Crippen LogP contribution in [0.1, 0.15) is 44.6 Å². The predicted octanol–water partition coefficient (Wildman–Crippen LogP) is 5.38. The first-order valence-electron chi connectivity index (χ1n) is 7.23. The van der Waals surface area contributed by atoms with Gasteiger partial charge in [-0.1, -0.05) is 62.7 Å². The molecule has 0 amide bonds. The topological polar surface area (TPSA) is 0 Å². The number of hydrogen-bond acceptors (Lipinski definition) is 0. The first-order chi connectivity index (χ1) is 8.74. The molecule has 2 aromatic carbocycles. The average Bonchev–Trinajstić information content (AvgIpc) is 2.38. The molecule has 0 spiro atoms. The highest BCUT2D eigenvalue weighted by molar-refractivity contribution is 5.83. The van der Waals surface area contributed by atoms with Crippen LogP contribution in [0.3, 0.4) is 0 Å². The lowest BCUT2D eigenvalue weighted by Gasteiger charge is -2.33. The summed E-state index contributed by atoms with van der Waals surface area (Å²) in [5, 5.41) is 2.75. The third-order valence-electron chi connectivity index (χ3n) is 4.63. The molecule has 1 saturated carbocycles. The molecule has 3 atom stereocenters. The Labute approximate surface area is 110 Å². The van der Waals surface area contributed by atoms with Gasteiger partial charge in [0.2, 0.25) is 0 Å². The van der Waals surface area contributed by atoms with Gasteiger partial charge in [0.05, 0.1) is 0 Å². The molecule has 1 fully saturated rings. The third kappa shape index (κ3) is 2.16. The first kappa shape index (κ1) is 11.8. The highest BCUT2D eigenvalue weighted by Gasteiger charge is 2.26. The maximum absolute atomic E-state index is 2.43. The second-order valence-electron chi connectivity index (χ2n) is 6.11. The fraction of sp³-hybridized carbons (Fsp3) is 0.444. The fourth-order valence-electron chi connectivity index (χ4n) is 3.60. The monoisotopic (exact) mass is 238 g/mol. The summed E-state index contributed by atoms with van der Waals surface area (Å²) in [5.41, 5.74) is 1.55. The zero-order chi connectivity index (χ0) is 12.5. The Morgan fingerprint density at radius 2 is 1.67 bits per heavy atom. The average molecular weight is 238 g/mol. The van der Waals surface area contributed by atoms with Crippen molar-refractivity contribution in [3.05, 3.63) is 48.0 Å². The lowest BCUT2D eigenvalue weighted by atomic mass is 9.72. The van der Waals surface area contributed by atoms with E-state index >= 15 is 0 Å². The number of benzene rings is 2. The van der Waals surface area contributed by atoms with Gasteiger partial charge in [-0.2, -0.15) is 0 Å². The van der Waals surface area contributed by atoms with Crippen LogP contribution in [0.15, 0.2) is 42.5 Å². The van der Waals surface area contributed by atoms with Gasteiger partial charge in [-0.3, -0.25) is 0 Å². The van der Waals surface area contributed by atoms with Crippen LogP contribution < -0.4 is 0 Å². The molecule has 0 N–H and O–H groups in total. The zero-order valence-corrected chi connectivity index (χ0v) is 11.4. The van der Waals surface area contributed by atoms with E-state index in [0.29, 0.717) is 0 Å². The van der Waals surface area contributed by atoms with Gasteiger partial charge >= 0.3 is 0 Å². The molecule has 18 heavy (non-hydrogen) atoms. The second kappa shape index (κ2) is 4.76. The van der Waals surface area contributed by atoms with Crippen molar-refractivity contribution in [2.24, 2.45) is 11.8 Å². The number of fused-ring (bicyclic) bond motifs is 1. The standard InChI is InChI=1S/C18H22/c1-13-7-10-18(14(2)11-13)17-9-8-15-5-3-4-6-16(15)12-17/h3-6,8-9,12-14,18H,7,10-11H2,1-2H3/t13-,14-,18-/m1/s1. The molecule has 0 bridgehead atoms. The van der Waals surface area contributed by atoms with Crippen molar-refractivity contribution in [2.75, 3.05) is 0 Å². The molecule has 0 saturated heterocycles. The van der Waals surface area contributed by atoms with E-state index in [1.165, 1.54) is 30.0 Å². The Hall–Kier alpha value is -1.30. The summed E-state index contributed by atoms with van der Waals surface area (Å²) < 4.78 is 0. The molecule has 0 aliphatic heterocycles. The molecule has 94 valence electrons. The Morgan fingerprint density at radius 3 is 2.44 bits per heavy atom. The van der Waals surface area contributed by atoms with Crippen LogP contribution in [-0.2, 0) is 0 Å². The molecule has 0 heteroatoms. The minimum atomic E-state index is 0.769. The molecular formula is C18H22. The molecule has 0 aromatic heterocycles. The van der Waals surface area contributed by atoms with Crippen molar-refractivity contribution < 1.29 is 0 Å². The second-order valence-corrected chi connectivity index (χ2v) is 6.11. The maximum Gasteiger partial charge on any atom is -0.0136 e. The minimum absolute atomic E-state index is 0.769. The fourth-order valence-corrected chi connectivity index (χ4v) is 3.60. The molecule has 0 heterocycles. The van der Waals surface area contributed by atoms with Crippen molar-refractivity contribution in [2.45, 2.75) is 39.0 Å². The van der Waals surface area contributed by atoms with Gasteiger partial charge < -0.3 is 0 Å². The minimum Gasteiger partial charge on any atom is -0.0625 e. The first-order valence-corrected chi connectivity index (χ1v) is 7.23. The summed E-state index contributed by atoms with van der Waals surface area (Å²) in [6.45, 7) is 4.82. The maximum atomic E-state index is 2.43. The highest BCUT2D eigenvalue weighted by Crippen LogP contribution is 2.40. The van der Waals surface area contributed by atoms with E-state index < -0.39 is 0 Å². The molecule has 0 nitrogen and oxygen atoms in total. The van der Waals surface area contributed by atoms with Crippen molar-refractivity contribution >= 4 is 10.8 Å². The number of rotatable bonds is 1. The van der Waals surface area contributed by atoms with Gasteiger partial charge in [-0.25, -0.2) is 0 Å². The van der Waals surface area contributed by atoms with Crippen LogP contribution in [0.5, 0.6) is 0 Å². The third-order valence-corrected chi connectivity index (χ3v) is 4.63. The van der Waals surface area contributed by atoms with Gasteiger partial charge in [-0.05, 0) is 46.9 Å². The summed E-state index contributed by atoms with van der Waals surface area (Å²) in [4.78, 5) is 0. The summed E-state index contributed by atoms with van der Waals surface area (Å²) in [6.07, 6.45) is 4.14. The SMILES string of the molecule is C[C@@H]1CC[C@@H](c2ccc3ccccc3c2)[C@H](C)C1. The molecule has 3 rings (SSSR count). The molecule has 0 unspecified atom stereocenters. The van der Waals surface area contributed by atoms with Gasteiger partial charge in [-0.15, -0.1) is 0 Å². The van der Waals surface area contributed by atoms with Crippen LogP contribution in [0.4, 0.5) is 0 Å². The van der Waals surface area contributed by atoms with E-state index in [-0.39, 0.29) is 0 Å². The Morgan fingerprint density at radius 1 is 0.889 bits per heavy atom. The van der Waals surface area contributed by atoms with E-state index in [9.17, 15) is 0 Å². The Bertz CT molecular complexity index is 540. The molecular weight excluding hydrogens is 216 g/mol. The molecule has 1 aliphatic carbocycles. The van der Waals surface area contributed by atoms with Crippen molar-refractivity contribution in [3.8, 4) is 0 Å². The van der Waals surface area contributed by atoms with Crippen molar-refractivity contribution in [3.63, 3.8) is 0 Å². The van der Waals surface area contributed by atoms with Gasteiger partial charge in [0.1, 0.15) is 0 Å². The summed E-state index contributed by atoms with van der Waals surface area (Å²) >= 11 is 0. The largest absolute Gasteiger partial charge is 0.0625 e. The van der Waals surface area contributed by atoms with Gasteiger partial charge in [0, 0.05) is 0 Å². The number of hydrogen-bond donors (Lipinski definition) is 0. The van der Waals surface area contributed by atoms with E-state index in [0.717, 1.165) is 17.8 Å². The smallest absolute Gasteiger partial charge is 0.0136 e. The summed E-state index contributed by atoms with van der Waals surface area (Å²) in [7, 11) is 0. The van der Waals surface area contributed by atoms with E-state index in [1.54, 1.807) is 5.56 Å². The van der Waals surface area contributed by atoms with Crippen LogP contribution >= 0.6 is 0 Å². The van der Waals surface area contributed by atoms with E-state index in [1.807, 2.05) is 0 Å². The Kier molecular flexibility index (Phi) is 3.11.